The van der Waals surface area contributed by atoms with Gasteiger partial charge in [0.25, 0.3) is 0 Å². The number of nitrogen functional groups attached to an aromatic ring is 1. The maximum atomic E-state index is 11.2. The largest absolute Gasteiger partial charge is 0.478 e. The van der Waals surface area contributed by atoms with Crippen molar-refractivity contribution in [3.05, 3.63) is 47.7 Å². The fourth-order valence-corrected chi connectivity index (χ4v) is 1.65. The summed E-state index contributed by atoms with van der Waals surface area (Å²) in [6.07, 6.45) is 1.59. The number of aromatic nitrogens is 1. The van der Waals surface area contributed by atoms with E-state index in [0.29, 0.717) is 11.3 Å². The number of nitrogens with two attached hydrogens (primary N) is 1. The maximum absolute atomic E-state index is 11.2. The molecule has 0 aliphatic heterocycles. The number of hydrogen-bond acceptors (Lipinski definition) is 3. The van der Waals surface area contributed by atoms with E-state index in [2.05, 4.69) is 4.98 Å². The van der Waals surface area contributed by atoms with Gasteiger partial charge in [0.15, 0.2) is 0 Å². The van der Waals surface area contributed by atoms with Gasteiger partial charge < -0.3 is 10.8 Å². The lowest BCUT2D eigenvalue weighted by molar-refractivity contribution is 0.0698. The summed E-state index contributed by atoms with van der Waals surface area (Å²) in [6.45, 7) is 1.74. The number of anilines is 1. The van der Waals surface area contributed by atoms with Crippen LogP contribution in [0.5, 0.6) is 0 Å². The van der Waals surface area contributed by atoms with E-state index in [1.165, 1.54) is 0 Å². The quantitative estimate of drug-likeness (QED) is 0.827. The van der Waals surface area contributed by atoms with E-state index in [1.807, 2.05) is 30.3 Å². The minimum absolute atomic E-state index is 0.0659. The lowest BCUT2D eigenvalue weighted by atomic mass is 10.0. The molecule has 0 atom stereocenters. The first-order valence-corrected chi connectivity index (χ1v) is 5.15. The average molecular weight is 228 g/mol. The highest BCUT2D eigenvalue weighted by Crippen LogP contribution is 2.27. The molecule has 0 saturated heterocycles. The first-order chi connectivity index (χ1) is 8.11. The van der Waals surface area contributed by atoms with E-state index >= 15 is 0 Å². The van der Waals surface area contributed by atoms with Crippen molar-refractivity contribution in [3.8, 4) is 11.3 Å². The maximum Gasteiger partial charge on any atom is 0.340 e. The van der Waals surface area contributed by atoms with E-state index in [0.717, 1.165) is 5.56 Å². The zero-order chi connectivity index (χ0) is 12.4. The Morgan fingerprint density at radius 1 is 1.29 bits per heavy atom. The first-order valence-electron chi connectivity index (χ1n) is 5.15. The molecule has 0 fully saturated rings. The van der Waals surface area contributed by atoms with E-state index in [4.69, 9.17) is 5.73 Å². The number of carbonyl (C=O) groups is 1. The molecular formula is C13H12N2O2. The Morgan fingerprint density at radius 2 is 1.94 bits per heavy atom. The molecule has 1 heterocycles. The van der Waals surface area contributed by atoms with Crippen LogP contribution >= 0.6 is 0 Å². The van der Waals surface area contributed by atoms with Crippen LogP contribution in [0.15, 0.2) is 36.5 Å². The number of aryl methyl sites for hydroxylation is 1. The number of carboxylic acids is 1. The molecule has 0 bridgehead atoms. The first kappa shape index (κ1) is 11.1. The number of nitrogens with zero attached hydrogens (tertiary/aromatic N) is 1. The molecule has 1 aromatic carbocycles. The van der Waals surface area contributed by atoms with Crippen LogP contribution in [0.4, 0.5) is 5.69 Å². The highest BCUT2D eigenvalue weighted by molar-refractivity contribution is 6.00. The molecule has 1 aromatic heterocycles. The van der Waals surface area contributed by atoms with Gasteiger partial charge in [-0.1, -0.05) is 30.3 Å². The minimum atomic E-state index is -1.06. The molecule has 3 N–H and O–H groups in total. The Bertz CT molecular complexity index is 565. The minimum Gasteiger partial charge on any atom is -0.478 e. The van der Waals surface area contributed by atoms with Crippen molar-refractivity contribution < 1.29 is 9.90 Å². The van der Waals surface area contributed by atoms with Crippen LogP contribution in [0.2, 0.25) is 0 Å². The molecule has 0 saturated carbocycles. The molecule has 2 rings (SSSR count). The van der Waals surface area contributed by atoms with E-state index in [-0.39, 0.29) is 11.3 Å². The van der Waals surface area contributed by atoms with Crippen molar-refractivity contribution in [2.45, 2.75) is 6.92 Å². The molecule has 0 unspecified atom stereocenters. The summed E-state index contributed by atoms with van der Waals surface area (Å²) >= 11 is 0. The summed E-state index contributed by atoms with van der Waals surface area (Å²) in [6, 6.07) is 9.14. The van der Waals surface area contributed by atoms with Gasteiger partial charge in [0.2, 0.25) is 0 Å². The predicted octanol–water partition coefficient (Wildman–Crippen LogP) is 2.34. The van der Waals surface area contributed by atoms with Crippen molar-refractivity contribution in [2.24, 2.45) is 0 Å². The number of aromatic carboxylic acids is 1. The van der Waals surface area contributed by atoms with Gasteiger partial charge in [0.1, 0.15) is 5.56 Å². The lowest BCUT2D eigenvalue weighted by Crippen LogP contribution is -2.08. The van der Waals surface area contributed by atoms with Gasteiger partial charge in [0.05, 0.1) is 11.4 Å². The van der Waals surface area contributed by atoms with Crippen LogP contribution in [-0.4, -0.2) is 16.1 Å². The summed E-state index contributed by atoms with van der Waals surface area (Å²) in [5, 5.41) is 9.21. The SMILES string of the molecule is Cc1cnc(-c2ccccc2)c(C(=O)O)c1N. The zero-order valence-electron chi connectivity index (χ0n) is 9.34. The summed E-state index contributed by atoms with van der Waals surface area (Å²) in [4.78, 5) is 15.4. The standard InChI is InChI=1S/C13H12N2O2/c1-8-7-15-12(9-5-3-2-4-6-9)10(11(8)14)13(16)17/h2-7H,1H3,(H2,14,15)(H,16,17). The van der Waals surface area contributed by atoms with Gasteiger partial charge in [-0.15, -0.1) is 0 Å². The Balaban J connectivity index is 2.71. The van der Waals surface area contributed by atoms with Crippen LogP contribution in [-0.2, 0) is 0 Å². The third-order valence-corrected chi connectivity index (χ3v) is 2.58. The van der Waals surface area contributed by atoms with E-state index in [1.54, 1.807) is 13.1 Å². The fourth-order valence-electron chi connectivity index (χ4n) is 1.65. The Hall–Kier alpha value is -2.36. The topological polar surface area (TPSA) is 76.2 Å². The van der Waals surface area contributed by atoms with Crippen LogP contribution < -0.4 is 5.73 Å². The van der Waals surface area contributed by atoms with Gasteiger partial charge in [-0.25, -0.2) is 4.79 Å². The normalized spacial score (nSPS) is 10.2. The van der Waals surface area contributed by atoms with Gasteiger partial charge >= 0.3 is 5.97 Å². The molecule has 0 aliphatic rings. The molecule has 0 aliphatic carbocycles. The van der Waals surface area contributed by atoms with Gasteiger partial charge in [-0.3, -0.25) is 4.98 Å². The molecule has 0 spiro atoms. The summed E-state index contributed by atoms with van der Waals surface area (Å²) in [7, 11) is 0. The highest BCUT2D eigenvalue weighted by atomic mass is 16.4. The number of benzene rings is 1. The van der Waals surface area contributed by atoms with Crippen LogP contribution in [0.1, 0.15) is 15.9 Å². The summed E-state index contributed by atoms with van der Waals surface area (Å²) in [5.41, 5.74) is 7.96. The fraction of sp³-hybridized carbons (Fsp3) is 0.0769. The van der Waals surface area contributed by atoms with Gasteiger partial charge in [-0.05, 0) is 12.5 Å². The van der Waals surface area contributed by atoms with Crippen molar-refractivity contribution in [3.63, 3.8) is 0 Å². The van der Waals surface area contributed by atoms with Gasteiger partial charge in [-0.2, -0.15) is 0 Å². The molecule has 0 amide bonds. The Labute approximate surface area is 98.7 Å². The number of hydrogen-bond donors (Lipinski definition) is 2. The van der Waals surface area contributed by atoms with Crippen LogP contribution in [0, 0.1) is 6.92 Å². The molecule has 4 heteroatoms. The number of rotatable bonds is 2. The van der Waals surface area contributed by atoms with E-state index < -0.39 is 5.97 Å². The average Bonchev–Trinajstić information content (AvgIpc) is 2.33. The van der Waals surface area contributed by atoms with Crippen molar-refractivity contribution in [1.82, 2.24) is 4.98 Å². The predicted molar refractivity (Wildman–Crippen MR) is 65.8 cm³/mol. The van der Waals surface area contributed by atoms with E-state index in [9.17, 15) is 9.90 Å². The molecule has 4 nitrogen and oxygen atoms in total. The molecule has 86 valence electrons. The smallest absolute Gasteiger partial charge is 0.340 e. The van der Waals surface area contributed by atoms with Crippen LogP contribution in [0.3, 0.4) is 0 Å². The van der Waals surface area contributed by atoms with Crippen molar-refractivity contribution in [2.75, 3.05) is 5.73 Å². The number of pyridine rings is 1. The molecule has 2 aromatic rings. The zero-order valence-corrected chi connectivity index (χ0v) is 9.34. The van der Waals surface area contributed by atoms with Crippen molar-refractivity contribution >= 4 is 11.7 Å². The molecule has 17 heavy (non-hydrogen) atoms. The lowest BCUT2D eigenvalue weighted by Gasteiger charge is -2.10. The second-order valence-corrected chi connectivity index (χ2v) is 3.75. The third kappa shape index (κ3) is 1.97. The summed E-state index contributed by atoms with van der Waals surface area (Å²) < 4.78 is 0. The van der Waals surface area contributed by atoms with Crippen LogP contribution in [0.25, 0.3) is 11.3 Å². The number of carboxylic acid groups (broad SMARTS) is 1. The Kier molecular flexibility index (Phi) is 2.78. The summed E-state index contributed by atoms with van der Waals surface area (Å²) in [5.74, 6) is -1.06. The van der Waals surface area contributed by atoms with Gasteiger partial charge in [0, 0.05) is 11.8 Å². The monoisotopic (exact) mass is 228 g/mol. The molecular weight excluding hydrogens is 216 g/mol. The highest BCUT2D eigenvalue weighted by Gasteiger charge is 2.18. The Morgan fingerprint density at radius 3 is 2.53 bits per heavy atom. The van der Waals surface area contributed by atoms with Crippen molar-refractivity contribution in [1.29, 1.82) is 0 Å². The second kappa shape index (κ2) is 4.25. The molecule has 0 radical (unpaired) electrons. The second-order valence-electron chi connectivity index (χ2n) is 3.75. The third-order valence-electron chi connectivity index (χ3n) is 2.58.